The lowest BCUT2D eigenvalue weighted by Crippen LogP contribution is -2.28. The highest BCUT2D eigenvalue weighted by molar-refractivity contribution is 5.91. The van der Waals surface area contributed by atoms with Gasteiger partial charge in [-0.3, -0.25) is 14.5 Å². The van der Waals surface area contributed by atoms with Crippen LogP contribution in [0.4, 0.5) is 5.69 Å². The van der Waals surface area contributed by atoms with Crippen molar-refractivity contribution in [2.75, 3.05) is 31.5 Å². The SMILES string of the molecule is O=C(CCN1CCCC1=O)Nc1cccc(CN2CCCC2)c1. The molecule has 1 N–H and O–H groups in total. The minimum absolute atomic E-state index is 0.0250. The molecule has 1 aromatic carbocycles. The van der Waals surface area contributed by atoms with E-state index in [1.165, 1.54) is 31.5 Å². The van der Waals surface area contributed by atoms with Gasteiger partial charge in [-0.15, -0.1) is 0 Å². The third-order valence-corrected chi connectivity index (χ3v) is 4.60. The number of hydrogen-bond acceptors (Lipinski definition) is 3. The molecule has 2 amide bonds. The summed E-state index contributed by atoms with van der Waals surface area (Å²) in [7, 11) is 0. The average molecular weight is 315 g/mol. The van der Waals surface area contributed by atoms with E-state index >= 15 is 0 Å². The number of carbonyl (C=O) groups excluding carboxylic acids is 2. The highest BCUT2D eigenvalue weighted by Gasteiger charge is 2.20. The van der Waals surface area contributed by atoms with Crippen LogP contribution in [0.25, 0.3) is 0 Å². The molecule has 0 bridgehead atoms. The summed E-state index contributed by atoms with van der Waals surface area (Å²) >= 11 is 0. The summed E-state index contributed by atoms with van der Waals surface area (Å²) < 4.78 is 0. The molecule has 2 aliphatic rings. The van der Waals surface area contributed by atoms with Crippen LogP contribution in [0.15, 0.2) is 24.3 Å². The first-order chi connectivity index (χ1) is 11.2. The first-order valence-electron chi connectivity index (χ1n) is 8.60. The first-order valence-corrected chi connectivity index (χ1v) is 8.60. The Morgan fingerprint density at radius 1 is 1.13 bits per heavy atom. The fourth-order valence-electron chi connectivity index (χ4n) is 3.35. The van der Waals surface area contributed by atoms with E-state index < -0.39 is 0 Å². The summed E-state index contributed by atoms with van der Waals surface area (Å²) in [5.74, 6) is 0.147. The Labute approximate surface area is 137 Å². The van der Waals surface area contributed by atoms with Gasteiger partial charge >= 0.3 is 0 Å². The van der Waals surface area contributed by atoms with Gasteiger partial charge in [0.15, 0.2) is 0 Å². The molecule has 0 aliphatic carbocycles. The maximum absolute atomic E-state index is 12.1. The maximum atomic E-state index is 12.1. The summed E-state index contributed by atoms with van der Waals surface area (Å²) in [5, 5.41) is 2.95. The van der Waals surface area contributed by atoms with Gasteiger partial charge in [-0.25, -0.2) is 0 Å². The fourth-order valence-corrected chi connectivity index (χ4v) is 3.35. The monoisotopic (exact) mass is 315 g/mol. The molecular weight excluding hydrogens is 290 g/mol. The Kier molecular flexibility index (Phi) is 5.28. The molecule has 2 heterocycles. The molecule has 0 spiro atoms. The molecule has 0 aromatic heterocycles. The number of anilines is 1. The second-order valence-electron chi connectivity index (χ2n) is 6.47. The minimum Gasteiger partial charge on any atom is -0.342 e. The topological polar surface area (TPSA) is 52.7 Å². The number of carbonyl (C=O) groups is 2. The second kappa shape index (κ2) is 7.59. The number of rotatable bonds is 6. The molecule has 0 radical (unpaired) electrons. The zero-order valence-electron chi connectivity index (χ0n) is 13.6. The molecule has 5 nitrogen and oxygen atoms in total. The quantitative estimate of drug-likeness (QED) is 0.876. The maximum Gasteiger partial charge on any atom is 0.226 e. The molecule has 2 fully saturated rings. The van der Waals surface area contributed by atoms with Gasteiger partial charge in [-0.2, -0.15) is 0 Å². The molecule has 23 heavy (non-hydrogen) atoms. The fraction of sp³-hybridized carbons (Fsp3) is 0.556. The van der Waals surface area contributed by atoms with Crippen LogP contribution < -0.4 is 5.32 Å². The zero-order chi connectivity index (χ0) is 16.1. The summed E-state index contributed by atoms with van der Waals surface area (Å²) in [4.78, 5) is 27.8. The van der Waals surface area contributed by atoms with Crippen molar-refractivity contribution in [1.82, 2.24) is 9.80 Å². The van der Waals surface area contributed by atoms with E-state index in [4.69, 9.17) is 0 Å². The molecule has 0 unspecified atom stereocenters. The van der Waals surface area contributed by atoms with Crippen LogP contribution in [0.5, 0.6) is 0 Å². The lowest BCUT2D eigenvalue weighted by molar-refractivity contribution is -0.128. The van der Waals surface area contributed by atoms with Gasteiger partial charge in [0, 0.05) is 38.2 Å². The van der Waals surface area contributed by atoms with E-state index in [2.05, 4.69) is 22.3 Å². The summed E-state index contributed by atoms with van der Waals surface area (Å²) in [6.45, 7) is 4.60. The Balaban J connectivity index is 1.48. The van der Waals surface area contributed by atoms with Crippen molar-refractivity contribution >= 4 is 17.5 Å². The average Bonchev–Trinajstić information content (AvgIpc) is 3.17. The van der Waals surface area contributed by atoms with Crippen molar-refractivity contribution in [3.8, 4) is 0 Å². The van der Waals surface area contributed by atoms with Crippen molar-refractivity contribution in [1.29, 1.82) is 0 Å². The van der Waals surface area contributed by atoms with Crippen molar-refractivity contribution in [3.63, 3.8) is 0 Å². The Morgan fingerprint density at radius 2 is 1.96 bits per heavy atom. The third kappa shape index (κ3) is 4.55. The molecule has 3 rings (SSSR count). The molecule has 0 atom stereocenters. The van der Waals surface area contributed by atoms with Gasteiger partial charge in [0.25, 0.3) is 0 Å². The molecule has 5 heteroatoms. The smallest absolute Gasteiger partial charge is 0.226 e. The highest BCUT2D eigenvalue weighted by Crippen LogP contribution is 2.16. The number of benzene rings is 1. The normalized spacial score (nSPS) is 18.6. The minimum atomic E-state index is -0.0250. The molecule has 0 saturated carbocycles. The summed E-state index contributed by atoms with van der Waals surface area (Å²) in [6, 6.07) is 8.07. The predicted molar refractivity (Wildman–Crippen MR) is 90.0 cm³/mol. The van der Waals surface area contributed by atoms with Crippen LogP contribution >= 0.6 is 0 Å². The second-order valence-corrected chi connectivity index (χ2v) is 6.47. The molecule has 2 saturated heterocycles. The first kappa shape index (κ1) is 16.0. The molecular formula is C18H25N3O2. The van der Waals surface area contributed by atoms with Crippen molar-refractivity contribution in [2.24, 2.45) is 0 Å². The highest BCUT2D eigenvalue weighted by atomic mass is 16.2. The lowest BCUT2D eigenvalue weighted by atomic mass is 10.2. The van der Waals surface area contributed by atoms with E-state index in [0.717, 1.165) is 25.2 Å². The van der Waals surface area contributed by atoms with Gasteiger partial charge in [0.1, 0.15) is 0 Å². The van der Waals surface area contributed by atoms with Crippen molar-refractivity contribution in [2.45, 2.75) is 38.6 Å². The van der Waals surface area contributed by atoms with Crippen LogP contribution in [-0.2, 0) is 16.1 Å². The third-order valence-electron chi connectivity index (χ3n) is 4.60. The Morgan fingerprint density at radius 3 is 2.70 bits per heavy atom. The van der Waals surface area contributed by atoms with Crippen LogP contribution in [0, 0.1) is 0 Å². The zero-order valence-corrected chi connectivity index (χ0v) is 13.6. The molecule has 124 valence electrons. The van der Waals surface area contributed by atoms with Gasteiger partial charge in [-0.05, 0) is 50.0 Å². The van der Waals surface area contributed by atoms with Gasteiger partial charge in [0.2, 0.25) is 11.8 Å². The Bertz CT molecular complexity index is 567. The van der Waals surface area contributed by atoms with Crippen molar-refractivity contribution < 1.29 is 9.59 Å². The summed E-state index contributed by atoms with van der Waals surface area (Å²) in [5.41, 5.74) is 2.08. The van der Waals surface area contributed by atoms with E-state index in [0.29, 0.717) is 19.4 Å². The molecule has 2 aliphatic heterocycles. The number of amides is 2. The van der Waals surface area contributed by atoms with Gasteiger partial charge in [-0.1, -0.05) is 12.1 Å². The largest absolute Gasteiger partial charge is 0.342 e. The lowest BCUT2D eigenvalue weighted by Gasteiger charge is -2.16. The van der Waals surface area contributed by atoms with Crippen LogP contribution in [-0.4, -0.2) is 47.8 Å². The standard InChI is InChI=1S/C18H25N3O2/c22-17(8-12-21-11-4-7-18(21)23)19-16-6-3-5-15(13-16)14-20-9-1-2-10-20/h3,5-6,13H,1-2,4,7-12,14H2,(H,19,22). The van der Waals surface area contributed by atoms with Crippen LogP contribution in [0.2, 0.25) is 0 Å². The van der Waals surface area contributed by atoms with Gasteiger partial charge in [0.05, 0.1) is 0 Å². The predicted octanol–water partition coefficient (Wildman–Crippen LogP) is 2.23. The number of hydrogen-bond donors (Lipinski definition) is 1. The van der Waals surface area contributed by atoms with E-state index in [1.54, 1.807) is 4.90 Å². The van der Waals surface area contributed by atoms with Gasteiger partial charge < -0.3 is 10.2 Å². The van der Waals surface area contributed by atoms with Crippen LogP contribution in [0.1, 0.15) is 37.7 Å². The van der Waals surface area contributed by atoms with Crippen LogP contribution in [0.3, 0.4) is 0 Å². The summed E-state index contributed by atoms with van der Waals surface area (Å²) in [6.07, 6.45) is 4.47. The Hall–Kier alpha value is -1.88. The molecule has 1 aromatic rings. The number of likely N-dealkylation sites (tertiary alicyclic amines) is 2. The van der Waals surface area contributed by atoms with Crippen molar-refractivity contribution in [3.05, 3.63) is 29.8 Å². The van der Waals surface area contributed by atoms with E-state index in [-0.39, 0.29) is 11.8 Å². The number of nitrogens with one attached hydrogen (secondary N) is 1. The number of nitrogens with zero attached hydrogens (tertiary/aromatic N) is 2. The van der Waals surface area contributed by atoms with E-state index in [1.807, 2.05) is 12.1 Å². The van der Waals surface area contributed by atoms with E-state index in [9.17, 15) is 9.59 Å².